The van der Waals surface area contributed by atoms with Crippen LogP contribution < -0.4 is 5.56 Å². The number of pyridine rings is 1. The molecular weight excluding hydrogens is 270 g/mol. The number of carbonyl (C=O) groups is 1. The molecule has 1 heterocycles. The number of benzene rings is 1. The van der Waals surface area contributed by atoms with Gasteiger partial charge >= 0.3 is 5.97 Å². The molecule has 5 nitrogen and oxygen atoms in total. The zero-order valence-corrected chi connectivity index (χ0v) is 12.0. The predicted molar refractivity (Wildman–Crippen MR) is 78.1 cm³/mol. The summed E-state index contributed by atoms with van der Waals surface area (Å²) in [5, 5.41) is 0. The lowest BCUT2D eigenvalue weighted by atomic mass is 10.1. The van der Waals surface area contributed by atoms with E-state index in [-0.39, 0.29) is 12.2 Å². The molecule has 0 saturated heterocycles. The fourth-order valence-corrected chi connectivity index (χ4v) is 1.95. The van der Waals surface area contributed by atoms with Crippen molar-refractivity contribution in [3.05, 3.63) is 69.1 Å². The van der Waals surface area contributed by atoms with Crippen LogP contribution in [0.15, 0.2) is 41.2 Å². The van der Waals surface area contributed by atoms with Crippen LogP contribution in [0.1, 0.15) is 27.2 Å². The fourth-order valence-electron chi connectivity index (χ4n) is 1.95. The van der Waals surface area contributed by atoms with Crippen molar-refractivity contribution in [3.63, 3.8) is 0 Å². The summed E-state index contributed by atoms with van der Waals surface area (Å²) >= 11 is 0. The molecule has 21 heavy (non-hydrogen) atoms. The van der Waals surface area contributed by atoms with E-state index in [2.05, 4.69) is 4.98 Å². The Kier molecular flexibility index (Phi) is 4.90. The Morgan fingerprint density at radius 2 is 1.76 bits per heavy atom. The molecule has 2 rings (SSSR count). The van der Waals surface area contributed by atoms with Gasteiger partial charge in [0.25, 0.3) is 5.56 Å². The van der Waals surface area contributed by atoms with Crippen molar-refractivity contribution in [2.45, 2.75) is 20.1 Å². The van der Waals surface area contributed by atoms with Gasteiger partial charge in [0, 0.05) is 12.8 Å². The number of aryl methyl sites for hydroxylation is 1. The number of hydrogen-bond acceptors (Lipinski definition) is 4. The highest BCUT2D eigenvalue weighted by molar-refractivity contribution is 5.88. The number of rotatable bonds is 5. The zero-order chi connectivity index (χ0) is 15.2. The molecule has 0 bridgehead atoms. The van der Waals surface area contributed by atoms with Crippen LogP contribution in [0.4, 0.5) is 0 Å². The molecule has 5 heteroatoms. The molecule has 1 aromatic heterocycles. The van der Waals surface area contributed by atoms with Gasteiger partial charge in [-0.2, -0.15) is 0 Å². The summed E-state index contributed by atoms with van der Waals surface area (Å²) in [6.45, 7) is 2.29. The Bertz CT molecular complexity index is 691. The largest absolute Gasteiger partial charge is 0.457 e. The van der Waals surface area contributed by atoms with E-state index in [1.165, 1.54) is 6.07 Å². The van der Waals surface area contributed by atoms with Gasteiger partial charge in [0.05, 0.1) is 6.61 Å². The van der Waals surface area contributed by atoms with E-state index < -0.39 is 11.5 Å². The normalized spacial score (nSPS) is 10.4. The lowest BCUT2D eigenvalue weighted by Crippen LogP contribution is -2.20. The van der Waals surface area contributed by atoms with Gasteiger partial charge in [-0.15, -0.1) is 0 Å². The molecule has 1 aromatic carbocycles. The number of esters is 1. The van der Waals surface area contributed by atoms with Crippen LogP contribution >= 0.6 is 0 Å². The second-order valence-corrected chi connectivity index (χ2v) is 4.66. The van der Waals surface area contributed by atoms with Crippen LogP contribution in [0.2, 0.25) is 0 Å². The molecule has 0 aliphatic carbocycles. The van der Waals surface area contributed by atoms with Crippen molar-refractivity contribution in [2.75, 3.05) is 7.11 Å². The number of nitrogens with one attached hydrogen (secondary N) is 1. The first-order chi connectivity index (χ1) is 10.1. The van der Waals surface area contributed by atoms with Gasteiger partial charge in [0.1, 0.15) is 12.2 Å². The Morgan fingerprint density at radius 1 is 1.10 bits per heavy atom. The Labute approximate surface area is 122 Å². The number of aromatic amines is 1. The fraction of sp³-hybridized carbons (Fsp3) is 0.250. The number of methoxy groups -OCH3 is 1. The summed E-state index contributed by atoms with van der Waals surface area (Å²) in [7, 11) is 1.61. The molecule has 0 atom stereocenters. The molecule has 0 unspecified atom stereocenters. The van der Waals surface area contributed by atoms with E-state index in [1.807, 2.05) is 24.3 Å². The summed E-state index contributed by atoms with van der Waals surface area (Å²) in [5.74, 6) is -0.636. The van der Waals surface area contributed by atoms with Gasteiger partial charge in [0.15, 0.2) is 0 Å². The number of H-pyrrole nitrogens is 1. The average Bonchev–Trinajstić information content (AvgIpc) is 2.46. The van der Waals surface area contributed by atoms with E-state index in [0.29, 0.717) is 12.3 Å². The van der Waals surface area contributed by atoms with E-state index in [9.17, 15) is 9.59 Å². The summed E-state index contributed by atoms with van der Waals surface area (Å²) in [5.41, 5.74) is 2.07. The monoisotopic (exact) mass is 287 g/mol. The van der Waals surface area contributed by atoms with E-state index in [1.54, 1.807) is 20.1 Å². The topological polar surface area (TPSA) is 68.4 Å². The maximum atomic E-state index is 11.9. The highest BCUT2D eigenvalue weighted by Crippen LogP contribution is 2.12. The van der Waals surface area contributed by atoms with Crippen LogP contribution in [0.3, 0.4) is 0 Å². The molecule has 0 saturated carbocycles. The van der Waals surface area contributed by atoms with Crippen molar-refractivity contribution < 1.29 is 14.3 Å². The maximum absolute atomic E-state index is 11.9. The van der Waals surface area contributed by atoms with Crippen molar-refractivity contribution in [1.29, 1.82) is 0 Å². The molecule has 0 spiro atoms. The Hall–Kier alpha value is -2.40. The quantitative estimate of drug-likeness (QED) is 0.856. The van der Waals surface area contributed by atoms with Crippen LogP contribution in [0, 0.1) is 6.92 Å². The summed E-state index contributed by atoms with van der Waals surface area (Å²) < 4.78 is 10.3. The molecule has 2 aromatic rings. The van der Waals surface area contributed by atoms with Gasteiger partial charge in [-0.3, -0.25) is 4.79 Å². The van der Waals surface area contributed by atoms with Gasteiger partial charge in [0.2, 0.25) is 0 Å². The molecule has 1 N–H and O–H groups in total. The highest BCUT2D eigenvalue weighted by Gasteiger charge is 2.13. The van der Waals surface area contributed by atoms with Gasteiger partial charge < -0.3 is 14.5 Å². The van der Waals surface area contributed by atoms with E-state index >= 15 is 0 Å². The molecule has 0 radical (unpaired) electrons. The second kappa shape index (κ2) is 6.85. The second-order valence-electron chi connectivity index (χ2n) is 4.66. The van der Waals surface area contributed by atoms with Gasteiger partial charge in [-0.1, -0.05) is 24.3 Å². The summed E-state index contributed by atoms with van der Waals surface area (Å²) in [6.07, 6.45) is 0. The smallest absolute Gasteiger partial charge is 0.344 e. The van der Waals surface area contributed by atoms with Crippen LogP contribution in [0.5, 0.6) is 0 Å². The summed E-state index contributed by atoms with van der Waals surface area (Å²) in [4.78, 5) is 26.2. The minimum Gasteiger partial charge on any atom is -0.457 e. The standard InChI is InChI=1S/C16H17NO4/c1-11-7-8-14(15(18)17-11)16(19)21-10-13-6-4-3-5-12(13)9-20-2/h3-8H,9-10H2,1-2H3,(H,17,18). The highest BCUT2D eigenvalue weighted by atomic mass is 16.5. The molecule has 110 valence electrons. The average molecular weight is 287 g/mol. The molecule has 0 aliphatic rings. The molecular formula is C16H17NO4. The molecule has 0 aliphatic heterocycles. The number of carbonyl (C=O) groups excluding carboxylic acids is 1. The third kappa shape index (κ3) is 3.79. The van der Waals surface area contributed by atoms with Crippen molar-refractivity contribution >= 4 is 5.97 Å². The molecule has 0 amide bonds. The Morgan fingerprint density at radius 3 is 2.38 bits per heavy atom. The Balaban J connectivity index is 2.09. The van der Waals surface area contributed by atoms with E-state index in [4.69, 9.17) is 9.47 Å². The van der Waals surface area contributed by atoms with Crippen molar-refractivity contribution in [3.8, 4) is 0 Å². The minimum atomic E-state index is -0.636. The van der Waals surface area contributed by atoms with Crippen LogP contribution in [-0.4, -0.2) is 18.1 Å². The predicted octanol–water partition coefficient (Wildman–Crippen LogP) is 2.19. The van der Waals surface area contributed by atoms with Gasteiger partial charge in [-0.05, 0) is 30.2 Å². The zero-order valence-electron chi connectivity index (χ0n) is 12.0. The van der Waals surface area contributed by atoms with Gasteiger partial charge in [-0.25, -0.2) is 4.79 Å². The first-order valence-electron chi connectivity index (χ1n) is 6.54. The lowest BCUT2D eigenvalue weighted by molar-refractivity contribution is 0.0467. The third-order valence-electron chi connectivity index (χ3n) is 3.05. The van der Waals surface area contributed by atoms with E-state index in [0.717, 1.165) is 11.1 Å². The maximum Gasteiger partial charge on any atom is 0.344 e. The number of ether oxygens (including phenoxy) is 2. The first-order valence-corrected chi connectivity index (χ1v) is 6.54. The van der Waals surface area contributed by atoms with Crippen molar-refractivity contribution in [1.82, 2.24) is 4.98 Å². The van der Waals surface area contributed by atoms with Crippen molar-refractivity contribution in [2.24, 2.45) is 0 Å². The van der Waals surface area contributed by atoms with Crippen LogP contribution in [0.25, 0.3) is 0 Å². The number of hydrogen-bond donors (Lipinski definition) is 1. The SMILES string of the molecule is COCc1ccccc1COC(=O)c1ccc(C)[nH]c1=O. The lowest BCUT2D eigenvalue weighted by Gasteiger charge is -2.09. The number of aromatic nitrogens is 1. The van der Waals surface area contributed by atoms with Crippen LogP contribution in [-0.2, 0) is 22.7 Å². The minimum absolute atomic E-state index is 0.00447. The summed E-state index contributed by atoms with van der Waals surface area (Å²) in [6, 6.07) is 10.7. The first kappa shape index (κ1) is 15.0. The molecule has 0 fully saturated rings. The third-order valence-corrected chi connectivity index (χ3v) is 3.05.